The first-order valence-corrected chi connectivity index (χ1v) is 6.21. The van der Waals surface area contributed by atoms with Gasteiger partial charge in [-0.15, -0.1) is 0 Å². The highest BCUT2D eigenvalue weighted by Crippen LogP contribution is 2.34. The molecule has 1 N–H and O–H groups in total. The zero-order chi connectivity index (χ0) is 14.6. The summed E-state index contributed by atoms with van der Waals surface area (Å²) in [5, 5.41) is 9.50. The van der Waals surface area contributed by atoms with Crippen LogP contribution in [0.2, 0.25) is 0 Å². The molecule has 0 spiro atoms. The van der Waals surface area contributed by atoms with Crippen LogP contribution in [0.15, 0.2) is 24.3 Å². The molecule has 1 unspecified atom stereocenters. The van der Waals surface area contributed by atoms with E-state index in [2.05, 4.69) is 0 Å². The minimum atomic E-state index is -1.14. The van der Waals surface area contributed by atoms with Crippen molar-refractivity contribution in [1.82, 2.24) is 0 Å². The van der Waals surface area contributed by atoms with Gasteiger partial charge in [-0.1, -0.05) is 12.1 Å². The number of ether oxygens (including phenoxy) is 3. The van der Waals surface area contributed by atoms with Gasteiger partial charge in [-0.2, -0.15) is 0 Å². The molecule has 20 heavy (non-hydrogen) atoms. The largest absolute Gasteiger partial charge is 0.485 e. The second-order valence-electron chi connectivity index (χ2n) is 4.72. The zero-order valence-corrected chi connectivity index (χ0v) is 11.1. The Labute approximate surface area is 116 Å². The predicted octanol–water partition coefficient (Wildman–Crippen LogP) is 0.711. The smallest absolute Gasteiger partial charge is 0.313 e. The molecule has 0 fully saturated rings. The predicted molar refractivity (Wildman–Crippen MR) is 68.6 cm³/mol. The van der Waals surface area contributed by atoms with Crippen molar-refractivity contribution in [1.29, 1.82) is 0 Å². The lowest BCUT2D eigenvalue weighted by molar-refractivity contribution is -0.156. The summed E-state index contributed by atoms with van der Waals surface area (Å²) in [6.45, 7) is 0.825. The summed E-state index contributed by atoms with van der Waals surface area (Å²) >= 11 is 0. The van der Waals surface area contributed by atoms with Gasteiger partial charge in [0, 0.05) is 0 Å². The zero-order valence-electron chi connectivity index (χ0n) is 11.1. The fraction of sp³-hybridized carbons (Fsp3) is 0.429. The number of esters is 1. The van der Waals surface area contributed by atoms with Gasteiger partial charge in [0.05, 0.1) is 6.61 Å². The van der Waals surface area contributed by atoms with E-state index in [-0.39, 0.29) is 32.0 Å². The van der Waals surface area contributed by atoms with Crippen LogP contribution < -0.4 is 9.47 Å². The van der Waals surface area contributed by atoms with Crippen LogP contribution in [-0.2, 0) is 14.3 Å². The van der Waals surface area contributed by atoms with E-state index in [0.29, 0.717) is 11.5 Å². The number of carbonyl (C=O) groups excluding carboxylic acids is 2. The Hall–Kier alpha value is -2.08. The van der Waals surface area contributed by atoms with Crippen molar-refractivity contribution in [2.24, 2.45) is 0 Å². The molecule has 0 amide bonds. The third-order valence-corrected chi connectivity index (χ3v) is 2.84. The Bertz CT molecular complexity index is 512. The van der Waals surface area contributed by atoms with Gasteiger partial charge in [-0.05, 0) is 19.1 Å². The summed E-state index contributed by atoms with van der Waals surface area (Å²) in [5.74, 6) is 0.133. The molecule has 0 aromatic heterocycles. The highest BCUT2D eigenvalue weighted by molar-refractivity contribution is 5.94. The Balaban J connectivity index is 2.01. The monoisotopic (exact) mass is 280 g/mol. The fourth-order valence-corrected chi connectivity index (χ4v) is 1.79. The maximum Gasteiger partial charge on any atom is 0.313 e. The maximum atomic E-state index is 11.4. The first-order valence-electron chi connectivity index (χ1n) is 6.21. The second kappa shape index (κ2) is 5.92. The van der Waals surface area contributed by atoms with Crippen molar-refractivity contribution < 1.29 is 28.9 Å². The van der Waals surface area contributed by atoms with Gasteiger partial charge in [-0.3, -0.25) is 9.59 Å². The number of hydrogen-bond donors (Lipinski definition) is 1. The van der Waals surface area contributed by atoms with Crippen LogP contribution in [0, 0.1) is 0 Å². The SMILES string of the molecule is CC(=O)CC(=O)OCC1(CO)COc2ccccc2O1. The highest BCUT2D eigenvalue weighted by atomic mass is 16.6. The number of carbonyl (C=O) groups is 2. The average Bonchev–Trinajstić information content (AvgIpc) is 2.44. The van der Waals surface area contributed by atoms with Gasteiger partial charge in [0.1, 0.15) is 25.4 Å². The lowest BCUT2D eigenvalue weighted by Crippen LogP contribution is -2.52. The van der Waals surface area contributed by atoms with Crippen LogP contribution in [0.4, 0.5) is 0 Å². The average molecular weight is 280 g/mol. The van der Waals surface area contributed by atoms with Gasteiger partial charge in [0.2, 0.25) is 0 Å². The number of Topliss-reactive ketones (excluding diaryl/α,β-unsaturated/α-hetero) is 1. The molecule has 1 heterocycles. The summed E-state index contributed by atoms with van der Waals surface area (Å²) in [7, 11) is 0. The molecule has 0 aliphatic carbocycles. The molecular weight excluding hydrogens is 264 g/mol. The Morgan fingerprint density at radius 1 is 1.35 bits per heavy atom. The molecule has 108 valence electrons. The van der Waals surface area contributed by atoms with Crippen LogP contribution in [0.25, 0.3) is 0 Å². The third kappa shape index (κ3) is 3.27. The molecule has 0 saturated carbocycles. The van der Waals surface area contributed by atoms with E-state index in [9.17, 15) is 14.7 Å². The summed E-state index contributed by atoms with van der Waals surface area (Å²) < 4.78 is 16.2. The number of rotatable bonds is 5. The van der Waals surface area contributed by atoms with Crippen molar-refractivity contribution in [2.75, 3.05) is 19.8 Å². The van der Waals surface area contributed by atoms with Crippen LogP contribution in [0.5, 0.6) is 11.5 Å². The van der Waals surface area contributed by atoms with Gasteiger partial charge < -0.3 is 19.3 Å². The number of benzene rings is 1. The molecule has 0 radical (unpaired) electrons. The summed E-state index contributed by atoms with van der Waals surface area (Å²) in [6, 6.07) is 7.03. The quantitative estimate of drug-likeness (QED) is 0.632. The minimum absolute atomic E-state index is 0.0634. The molecule has 6 heteroatoms. The number of fused-ring (bicyclic) bond motifs is 1. The molecule has 0 saturated heterocycles. The van der Waals surface area contributed by atoms with Gasteiger partial charge in [0.15, 0.2) is 17.1 Å². The van der Waals surface area contributed by atoms with Crippen LogP contribution in [0.1, 0.15) is 13.3 Å². The third-order valence-electron chi connectivity index (χ3n) is 2.84. The standard InChI is InChI=1S/C14H16O6/c1-10(16)6-13(17)19-9-14(7-15)8-18-11-4-2-3-5-12(11)20-14/h2-5,15H,6-9H2,1H3. The van der Waals surface area contributed by atoms with E-state index in [0.717, 1.165) is 0 Å². The van der Waals surface area contributed by atoms with Gasteiger partial charge >= 0.3 is 5.97 Å². The highest BCUT2D eigenvalue weighted by Gasteiger charge is 2.39. The first kappa shape index (κ1) is 14.3. The number of ketones is 1. The van der Waals surface area contributed by atoms with Gasteiger partial charge in [0.25, 0.3) is 0 Å². The molecule has 1 aliphatic heterocycles. The topological polar surface area (TPSA) is 82.1 Å². The fourth-order valence-electron chi connectivity index (χ4n) is 1.79. The van der Waals surface area contributed by atoms with E-state index in [1.54, 1.807) is 24.3 Å². The van der Waals surface area contributed by atoms with E-state index in [4.69, 9.17) is 14.2 Å². The molecule has 2 rings (SSSR count). The molecule has 1 atom stereocenters. The number of para-hydroxylation sites is 2. The molecule has 1 aromatic carbocycles. The molecule has 1 aliphatic rings. The van der Waals surface area contributed by atoms with Crippen molar-refractivity contribution >= 4 is 11.8 Å². The minimum Gasteiger partial charge on any atom is -0.485 e. The van der Waals surface area contributed by atoms with Crippen LogP contribution in [0.3, 0.4) is 0 Å². The van der Waals surface area contributed by atoms with E-state index >= 15 is 0 Å². The molecule has 6 nitrogen and oxygen atoms in total. The number of aliphatic hydroxyl groups is 1. The second-order valence-corrected chi connectivity index (χ2v) is 4.72. The Morgan fingerprint density at radius 3 is 2.70 bits per heavy atom. The lowest BCUT2D eigenvalue weighted by atomic mass is 10.1. The lowest BCUT2D eigenvalue weighted by Gasteiger charge is -2.36. The normalized spacial score (nSPS) is 20.3. The van der Waals surface area contributed by atoms with E-state index in [1.807, 2.05) is 0 Å². The Morgan fingerprint density at radius 2 is 2.05 bits per heavy atom. The van der Waals surface area contributed by atoms with E-state index < -0.39 is 11.6 Å². The van der Waals surface area contributed by atoms with Crippen molar-refractivity contribution in [3.05, 3.63) is 24.3 Å². The summed E-state index contributed by atoms with van der Waals surface area (Å²) in [4.78, 5) is 22.2. The Kier molecular flexibility index (Phi) is 4.24. The van der Waals surface area contributed by atoms with Crippen LogP contribution in [-0.4, -0.2) is 42.3 Å². The summed E-state index contributed by atoms with van der Waals surface area (Å²) in [6.07, 6.45) is -0.293. The van der Waals surface area contributed by atoms with Crippen molar-refractivity contribution in [2.45, 2.75) is 18.9 Å². The number of aliphatic hydroxyl groups excluding tert-OH is 1. The van der Waals surface area contributed by atoms with Crippen molar-refractivity contribution in [3.8, 4) is 11.5 Å². The molecule has 0 bridgehead atoms. The first-order chi connectivity index (χ1) is 9.54. The van der Waals surface area contributed by atoms with Gasteiger partial charge in [-0.25, -0.2) is 0 Å². The summed E-state index contributed by atoms with van der Waals surface area (Å²) in [5.41, 5.74) is -1.14. The number of hydrogen-bond acceptors (Lipinski definition) is 6. The van der Waals surface area contributed by atoms with Crippen molar-refractivity contribution in [3.63, 3.8) is 0 Å². The maximum absolute atomic E-state index is 11.4. The van der Waals surface area contributed by atoms with E-state index in [1.165, 1.54) is 6.92 Å². The molecule has 1 aromatic rings. The molecular formula is C14H16O6. The van der Waals surface area contributed by atoms with Crippen LogP contribution >= 0.6 is 0 Å².